The van der Waals surface area contributed by atoms with Crippen LogP contribution in [0.25, 0.3) is 6.08 Å². The number of benzene rings is 3. The van der Waals surface area contributed by atoms with Crippen molar-refractivity contribution in [2.45, 2.75) is 20.1 Å². The van der Waals surface area contributed by atoms with Crippen LogP contribution in [-0.4, -0.2) is 16.8 Å². The topological polar surface area (TPSA) is 58.6 Å². The van der Waals surface area contributed by atoms with Gasteiger partial charge in [-0.1, -0.05) is 66.2 Å². The molecule has 1 aliphatic rings. The lowest BCUT2D eigenvalue weighted by Crippen LogP contribution is -2.30. The van der Waals surface area contributed by atoms with Crippen LogP contribution in [0.3, 0.4) is 0 Å². The van der Waals surface area contributed by atoms with Gasteiger partial charge >= 0.3 is 6.03 Å². The van der Waals surface area contributed by atoms with E-state index in [9.17, 15) is 9.59 Å². The molecule has 0 aromatic heterocycles. The molecule has 0 aliphatic carbocycles. The van der Waals surface area contributed by atoms with E-state index in [1.165, 1.54) is 4.90 Å². The third-order valence-electron chi connectivity index (χ3n) is 4.89. The number of amides is 3. The van der Waals surface area contributed by atoms with Gasteiger partial charge in [-0.25, -0.2) is 4.79 Å². The van der Waals surface area contributed by atoms with Gasteiger partial charge in [-0.2, -0.15) is 0 Å². The van der Waals surface area contributed by atoms with Crippen LogP contribution in [0.4, 0.5) is 4.79 Å². The highest BCUT2D eigenvalue weighted by molar-refractivity contribution is 14.1. The highest BCUT2D eigenvalue weighted by Gasteiger charge is 2.33. The van der Waals surface area contributed by atoms with Crippen molar-refractivity contribution in [3.8, 4) is 5.75 Å². The molecule has 0 bridgehead atoms. The fraction of sp³-hybridized carbons (Fsp3) is 0.120. The first-order chi connectivity index (χ1) is 15.0. The van der Waals surface area contributed by atoms with Gasteiger partial charge in [-0.3, -0.25) is 9.69 Å². The lowest BCUT2D eigenvalue weighted by molar-refractivity contribution is -0.123. The minimum atomic E-state index is -0.407. The van der Waals surface area contributed by atoms with E-state index in [0.29, 0.717) is 6.61 Å². The smallest absolute Gasteiger partial charge is 0.329 e. The summed E-state index contributed by atoms with van der Waals surface area (Å²) in [6, 6.07) is 23.0. The Morgan fingerprint density at radius 3 is 2.48 bits per heavy atom. The number of imide groups is 1. The molecular formula is C25H21IN2O3. The van der Waals surface area contributed by atoms with Crippen molar-refractivity contribution >= 4 is 40.6 Å². The van der Waals surface area contributed by atoms with Crippen LogP contribution in [0.5, 0.6) is 5.75 Å². The summed E-state index contributed by atoms with van der Waals surface area (Å²) < 4.78 is 6.83. The number of carbonyl (C=O) groups excluding carboxylic acids is 2. The Balaban J connectivity index is 1.46. The van der Waals surface area contributed by atoms with E-state index >= 15 is 0 Å². The summed E-state index contributed by atoms with van der Waals surface area (Å²) in [6.07, 6.45) is 1.69. The Kier molecular flexibility index (Phi) is 6.36. The normalized spacial score (nSPS) is 14.8. The predicted molar refractivity (Wildman–Crippen MR) is 128 cm³/mol. The van der Waals surface area contributed by atoms with Crippen LogP contribution >= 0.6 is 22.6 Å². The number of carbonyl (C=O) groups is 2. The van der Waals surface area contributed by atoms with Gasteiger partial charge in [0.15, 0.2) is 0 Å². The minimum absolute atomic E-state index is 0.244. The molecule has 0 spiro atoms. The average Bonchev–Trinajstić information content (AvgIpc) is 3.01. The molecule has 1 heterocycles. The zero-order valence-electron chi connectivity index (χ0n) is 17.0. The maximum absolute atomic E-state index is 12.8. The molecule has 1 aliphatic heterocycles. The Morgan fingerprint density at radius 2 is 1.74 bits per heavy atom. The van der Waals surface area contributed by atoms with Gasteiger partial charge in [0.05, 0.1) is 10.1 Å². The molecule has 4 rings (SSSR count). The predicted octanol–water partition coefficient (Wildman–Crippen LogP) is 5.27. The first-order valence-corrected chi connectivity index (χ1v) is 10.9. The molecule has 0 unspecified atom stereocenters. The Labute approximate surface area is 194 Å². The van der Waals surface area contributed by atoms with Crippen molar-refractivity contribution in [1.82, 2.24) is 10.2 Å². The van der Waals surface area contributed by atoms with Gasteiger partial charge in [-0.15, -0.1) is 0 Å². The zero-order valence-corrected chi connectivity index (χ0v) is 19.1. The van der Waals surface area contributed by atoms with Gasteiger partial charge < -0.3 is 10.1 Å². The molecule has 1 N–H and O–H groups in total. The highest BCUT2D eigenvalue weighted by atomic mass is 127. The van der Waals surface area contributed by atoms with E-state index in [0.717, 1.165) is 31.6 Å². The molecule has 3 aromatic rings. The van der Waals surface area contributed by atoms with Crippen LogP contribution in [0.1, 0.15) is 22.3 Å². The van der Waals surface area contributed by atoms with Crippen molar-refractivity contribution in [3.05, 3.63) is 104 Å². The van der Waals surface area contributed by atoms with Crippen LogP contribution in [0, 0.1) is 10.5 Å². The van der Waals surface area contributed by atoms with E-state index in [1.807, 2.05) is 79.7 Å². The molecule has 5 nitrogen and oxygen atoms in total. The number of nitrogens with one attached hydrogen (secondary N) is 1. The molecule has 6 heteroatoms. The van der Waals surface area contributed by atoms with Crippen LogP contribution in [0.15, 0.2) is 78.5 Å². The average molecular weight is 524 g/mol. The van der Waals surface area contributed by atoms with E-state index in [-0.39, 0.29) is 18.1 Å². The molecule has 31 heavy (non-hydrogen) atoms. The van der Waals surface area contributed by atoms with E-state index in [2.05, 4.69) is 27.9 Å². The Bertz CT molecular complexity index is 1160. The van der Waals surface area contributed by atoms with Crippen molar-refractivity contribution in [1.29, 1.82) is 0 Å². The number of halogens is 1. The minimum Gasteiger partial charge on any atom is -0.488 e. The van der Waals surface area contributed by atoms with Gasteiger partial charge in [0.1, 0.15) is 18.1 Å². The summed E-state index contributed by atoms with van der Waals surface area (Å²) in [7, 11) is 0. The SMILES string of the molecule is Cc1cccc(CN2C(=O)N/C(=C/c3ccc(OCc4ccccc4)c(I)c3)C2=O)c1. The van der Waals surface area contributed by atoms with Crippen molar-refractivity contribution < 1.29 is 14.3 Å². The second-order valence-electron chi connectivity index (χ2n) is 7.33. The van der Waals surface area contributed by atoms with Gasteiger partial charge in [0.25, 0.3) is 5.91 Å². The highest BCUT2D eigenvalue weighted by Crippen LogP contribution is 2.25. The van der Waals surface area contributed by atoms with Crippen LogP contribution in [-0.2, 0) is 17.9 Å². The monoisotopic (exact) mass is 524 g/mol. The molecule has 1 fully saturated rings. The first kappa shape index (κ1) is 21.1. The second kappa shape index (κ2) is 9.34. The largest absolute Gasteiger partial charge is 0.488 e. The number of nitrogens with zero attached hydrogens (tertiary/aromatic N) is 1. The van der Waals surface area contributed by atoms with Gasteiger partial charge in [0.2, 0.25) is 0 Å². The number of urea groups is 1. The molecule has 0 radical (unpaired) electrons. The molecule has 0 saturated carbocycles. The summed E-state index contributed by atoms with van der Waals surface area (Å²) in [5, 5.41) is 2.68. The fourth-order valence-corrected chi connectivity index (χ4v) is 4.03. The standard InChI is InChI=1S/C25H21IN2O3/c1-17-6-5-9-20(12-17)15-28-24(29)22(27-25(28)30)14-19-10-11-23(21(26)13-19)31-16-18-7-3-2-4-8-18/h2-14H,15-16H2,1H3,(H,27,30)/b22-14+. The summed E-state index contributed by atoms with van der Waals surface area (Å²) in [5.41, 5.74) is 4.19. The van der Waals surface area contributed by atoms with Crippen molar-refractivity contribution in [2.24, 2.45) is 0 Å². The summed E-state index contributed by atoms with van der Waals surface area (Å²) in [6.45, 7) is 2.71. The van der Waals surface area contributed by atoms with E-state index < -0.39 is 6.03 Å². The number of rotatable bonds is 6. The Morgan fingerprint density at radius 1 is 0.968 bits per heavy atom. The molecule has 156 valence electrons. The summed E-state index contributed by atoms with van der Waals surface area (Å²) in [4.78, 5) is 26.3. The van der Waals surface area contributed by atoms with Gasteiger partial charge in [-0.05, 0) is 64.4 Å². The summed E-state index contributed by atoms with van der Waals surface area (Å²) in [5.74, 6) is 0.445. The molecule has 3 aromatic carbocycles. The second-order valence-corrected chi connectivity index (χ2v) is 8.49. The third kappa shape index (κ3) is 5.14. The lowest BCUT2D eigenvalue weighted by atomic mass is 10.1. The van der Waals surface area contributed by atoms with Gasteiger partial charge in [0, 0.05) is 0 Å². The molecule has 0 atom stereocenters. The van der Waals surface area contributed by atoms with Crippen LogP contribution in [0.2, 0.25) is 0 Å². The molecule has 3 amide bonds. The number of hydrogen-bond donors (Lipinski definition) is 1. The number of hydrogen-bond acceptors (Lipinski definition) is 3. The van der Waals surface area contributed by atoms with E-state index in [4.69, 9.17) is 4.74 Å². The van der Waals surface area contributed by atoms with Crippen molar-refractivity contribution in [2.75, 3.05) is 0 Å². The quantitative estimate of drug-likeness (QED) is 0.272. The summed E-state index contributed by atoms with van der Waals surface area (Å²) >= 11 is 2.21. The first-order valence-electron chi connectivity index (χ1n) is 9.86. The molecule has 1 saturated heterocycles. The van der Waals surface area contributed by atoms with Crippen LogP contribution < -0.4 is 10.1 Å². The number of aryl methyl sites for hydroxylation is 1. The lowest BCUT2D eigenvalue weighted by Gasteiger charge is -2.12. The van der Waals surface area contributed by atoms with Crippen molar-refractivity contribution in [3.63, 3.8) is 0 Å². The van der Waals surface area contributed by atoms with E-state index in [1.54, 1.807) is 6.08 Å². The molecular weight excluding hydrogens is 503 g/mol. The Hall–Kier alpha value is -3.13. The maximum Gasteiger partial charge on any atom is 0.329 e. The maximum atomic E-state index is 12.8. The fourth-order valence-electron chi connectivity index (χ4n) is 3.33. The third-order valence-corrected chi connectivity index (χ3v) is 5.73. The number of ether oxygens (including phenoxy) is 1. The zero-order chi connectivity index (χ0) is 21.8.